The number of pyridine rings is 1. The number of anilines is 1. The molecule has 2 bridgehead atoms. The van der Waals surface area contributed by atoms with Crippen molar-refractivity contribution in [3.63, 3.8) is 0 Å². The fourth-order valence-electron chi connectivity index (χ4n) is 4.24. The highest BCUT2D eigenvalue weighted by molar-refractivity contribution is 6.32. The van der Waals surface area contributed by atoms with Gasteiger partial charge in [-0.3, -0.25) is 4.79 Å². The lowest BCUT2D eigenvalue weighted by Gasteiger charge is -2.43. The van der Waals surface area contributed by atoms with Crippen LogP contribution in [0.25, 0.3) is 11.0 Å². The summed E-state index contributed by atoms with van der Waals surface area (Å²) in [4.78, 5) is 23.7. The standard InChI is InChI=1S/C19H17ClN4O/c20-18-19(22-15-5-2-1-4-14(15)21-18)23-9-12-8-13(11-23)16-6-3-7-17(25)24(16)10-12/h1-7,12-13H,8-11H2/t12-,13+/m0/s1. The molecule has 3 aromatic rings. The molecule has 0 aliphatic carbocycles. The predicted molar refractivity (Wildman–Crippen MR) is 98.3 cm³/mol. The van der Waals surface area contributed by atoms with Crippen LogP contribution in [-0.4, -0.2) is 27.6 Å². The normalized spacial score (nSPS) is 22.0. The third-order valence-electron chi connectivity index (χ3n) is 5.29. The van der Waals surface area contributed by atoms with E-state index < -0.39 is 0 Å². The van der Waals surface area contributed by atoms with E-state index in [9.17, 15) is 4.79 Å². The van der Waals surface area contributed by atoms with Gasteiger partial charge >= 0.3 is 0 Å². The summed E-state index contributed by atoms with van der Waals surface area (Å²) in [7, 11) is 0. The van der Waals surface area contributed by atoms with E-state index in [-0.39, 0.29) is 5.56 Å². The van der Waals surface area contributed by atoms with Crippen molar-refractivity contribution in [1.82, 2.24) is 14.5 Å². The Bertz CT molecular complexity index is 1030. The third-order valence-corrected chi connectivity index (χ3v) is 5.54. The van der Waals surface area contributed by atoms with Crippen LogP contribution in [0.1, 0.15) is 18.0 Å². The largest absolute Gasteiger partial charge is 0.353 e. The van der Waals surface area contributed by atoms with Gasteiger partial charge in [0.25, 0.3) is 5.56 Å². The summed E-state index contributed by atoms with van der Waals surface area (Å²) < 4.78 is 1.93. The minimum absolute atomic E-state index is 0.101. The van der Waals surface area contributed by atoms with Gasteiger partial charge in [-0.1, -0.05) is 29.8 Å². The van der Waals surface area contributed by atoms with Gasteiger partial charge < -0.3 is 9.47 Å². The quantitative estimate of drug-likeness (QED) is 0.675. The average molecular weight is 353 g/mol. The molecule has 2 aliphatic heterocycles. The molecule has 1 aromatic carbocycles. The maximum atomic E-state index is 12.2. The molecular formula is C19H17ClN4O. The fraction of sp³-hybridized carbons (Fsp3) is 0.316. The Labute approximate surface area is 149 Å². The average Bonchev–Trinajstić information content (AvgIpc) is 2.62. The number of nitrogens with zero attached hydrogens (tertiary/aromatic N) is 4. The summed E-state index contributed by atoms with van der Waals surface area (Å²) in [6.07, 6.45) is 1.11. The van der Waals surface area contributed by atoms with Crippen molar-refractivity contribution in [2.24, 2.45) is 5.92 Å². The van der Waals surface area contributed by atoms with Crippen molar-refractivity contribution in [3.05, 3.63) is 63.7 Å². The second-order valence-corrected chi connectivity index (χ2v) is 7.29. The molecule has 0 radical (unpaired) electrons. The van der Waals surface area contributed by atoms with Crippen LogP contribution in [0.4, 0.5) is 5.82 Å². The molecule has 0 spiro atoms. The van der Waals surface area contributed by atoms with Gasteiger partial charge in [0.05, 0.1) is 11.0 Å². The van der Waals surface area contributed by atoms with Crippen LogP contribution in [0.5, 0.6) is 0 Å². The lowest BCUT2D eigenvalue weighted by molar-refractivity contribution is 0.280. The Morgan fingerprint density at radius 3 is 2.60 bits per heavy atom. The minimum Gasteiger partial charge on any atom is -0.353 e. The highest BCUT2D eigenvalue weighted by Gasteiger charge is 2.35. The van der Waals surface area contributed by atoms with Gasteiger partial charge in [0, 0.05) is 37.3 Å². The van der Waals surface area contributed by atoms with E-state index in [2.05, 4.69) is 16.0 Å². The van der Waals surface area contributed by atoms with Crippen molar-refractivity contribution < 1.29 is 0 Å². The van der Waals surface area contributed by atoms with Gasteiger partial charge in [0.2, 0.25) is 0 Å². The molecule has 2 atom stereocenters. The first-order valence-corrected chi connectivity index (χ1v) is 8.94. The van der Waals surface area contributed by atoms with Crippen LogP contribution < -0.4 is 10.5 Å². The number of benzene rings is 1. The zero-order valence-corrected chi connectivity index (χ0v) is 14.4. The molecular weight excluding hydrogens is 336 g/mol. The zero-order chi connectivity index (χ0) is 17.0. The molecule has 0 N–H and O–H groups in total. The summed E-state index contributed by atoms with van der Waals surface area (Å²) >= 11 is 6.45. The Morgan fingerprint density at radius 2 is 1.76 bits per heavy atom. The van der Waals surface area contributed by atoms with E-state index in [1.807, 2.05) is 34.9 Å². The highest BCUT2D eigenvalue weighted by Crippen LogP contribution is 2.38. The minimum atomic E-state index is 0.101. The molecule has 2 aromatic heterocycles. The molecule has 1 saturated heterocycles. The van der Waals surface area contributed by atoms with Gasteiger partial charge in [0.15, 0.2) is 11.0 Å². The van der Waals surface area contributed by atoms with E-state index in [1.165, 1.54) is 0 Å². The van der Waals surface area contributed by atoms with Gasteiger partial charge in [-0.15, -0.1) is 0 Å². The fourth-order valence-corrected chi connectivity index (χ4v) is 4.49. The van der Waals surface area contributed by atoms with Crippen LogP contribution >= 0.6 is 11.6 Å². The number of halogens is 1. The summed E-state index contributed by atoms with van der Waals surface area (Å²) in [5, 5.41) is 0.448. The molecule has 0 amide bonds. The smallest absolute Gasteiger partial charge is 0.250 e. The number of fused-ring (bicyclic) bond motifs is 5. The SMILES string of the molecule is O=c1cccc2n1C[C@H]1C[C@@H]2CN(c2nc3ccccc3nc2Cl)C1. The molecule has 25 heavy (non-hydrogen) atoms. The molecule has 0 unspecified atom stereocenters. The molecule has 2 aliphatic rings. The van der Waals surface area contributed by atoms with Crippen LogP contribution in [0.15, 0.2) is 47.3 Å². The first-order chi connectivity index (χ1) is 12.2. The number of hydrogen-bond acceptors (Lipinski definition) is 4. The number of para-hydroxylation sites is 2. The summed E-state index contributed by atoms with van der Waals surface area (Å²) in [5.74, 6) is 1.50. The summed E-state index contributed by atoms with van der Waals surface area (Å²) in [6.45, 7) is 2.43. The zero-order valence-electron chi connectivity index (χ0n) is 13.6. The van der Waals surface area contributed by atoms with Crippen molar-refractivity contribution >= 4 is 28.5 Å². The van der Waals surface area contributed by atoms with Crippen molar-refractivity contribution in [2.45, 2.75) is 18.9 Å². The van der Waals surface area contributed by atoms with E-state index in [4.69, 9.17) is 16.6 Å². The maximum absolute atomic E-state index is 12.2. The Hall–Kier alpha value is -2.40. The Balaban J connectivity index is 1.55. The van der Waals surface area contributed by atoms with Crippen molar-refractivity contribution in [3.8, 4) is 0 Å². The van der Waals surface area contributed by atoms with Gasteiger partial charge in [-0.2, -0.15) is 0 Å². The predicted octanol–water partition coefficient (Wildman–Crippen LogP) is 3.07. The van der Waals surface area contributed by atoms with Gasteiger partial charge in [-0.25, -0.2) is 9.97 Å². The molecule has 0 saturated carbocycles. The number of piperidine rings is 1. The number of hydrogen-bond donors (Lipinski definition) is 0. The van der Waals surface area contributed by atoms with E-state index in [0.29, 0.717) is 17.0 Å². The maximum Gasteiger partial charge on any atom is 0.250 e. The number of aromatic nitrogens is 3. The van der Waals surface area contributed by atoms with Gasteiger partial charge in [-0.05, 0) is 30.5 Å². The second kappa shape index (κ2) is 5.56. The highest BCUT2D eigenvalue weighted by atomic mass is 35.5. The van der Waals surface area contributed by atoms with Crippen LogP contribution in [0, 0.1) is 5.92 Å². The van der Waals surface area contributed by atoms with Gasteiger partial charge in [0.1, 0.15) is 0 Å². The second-order valence-electron chi connectivity index (χ2n) is 6.93. The monoisotopic (exact) mass is 352 g/mol. The lowest BCUT2D eigenvalue weighted by atomic mass is 9.83. The molecule has 5 nitrogen and oxygen atoms in total. The van der Waals surface area contributed by atoms with E-state index >= 15 is 0 Å². The van der Waals surface area contributed by atoms with E-state index in [0.717, 1.165) is 48.6 Å². The van der Waals surface area contributed by atoms with E-state index in [1.54, 1.807) is 6.07 Å². The Morgan fingerprint density at radius 1 is 0.960 bits per heavy atom. The number of rotatable bonds is 1. The Kier molecular flexibility index (Phi) is 3.31. The summed E-state index contributed by atoms with van der Waals surface area (Å²) in [5.41, 5.74) is 2.89. The third kappa shape index (κ3) is 2.42. The summed E-state index contributed by atoms with van der Waals surface area (Å²) in [6, 6.07) is 13.4. The van der Waals surface area contributed by atoms with Crippen molar-refractivity contribution in [2.75, 3.05) is 18.0 Å². The molecule has 4 heterocycles. The lowest BCUT2D eigenvalue weighted by Crippen LogP contribution is -2.47. The van der Waals surface area contributed by atoms with Crippen molar-refractivity contribution in [1.29, 1.82) is 0 Å². The molecule has 126 valence electrons. The van der Waals surface area contributed by atoms with Crippen LogP contribution in [0.3, 0.4) is 0 Å². The van der Waals surface area contributed by atoms with Crippen LogP contribution in [0.2, 0.25) is 5.15 Å². The first kappa shape index (κ1) is 14.9. The topological polar surface area (TPSA) is 51.0 Å². The molecule has 6 heteroatoms. The first-order valence-electron chi connectivity index (χ1n) is 8.56. The molecule has 1 fully saturated rings. The molecule has 5 rings (SSSR count). The van der Waals surface area contributed by atoms with Crippen LogP contribution in [-0.2, 0) is 6.54 Å².